The van der Waals surface area contributed by atoms with Gasteiger partial charge in [0.15, 0.2) is 0 Å². The number of halogens is 1. The Balaban J connectivity index is 2.46. The van der Waals surface area contributed by atoms with Gasteiger partial charge in [0.25, 0.3) is 0 Å². The molecule has 0 aromatic heterocycles. The highest BCUT2D eigenvalue weighted by Gasteiger charge is 2.33. The van der Waals surface area contributed by atoms with E-state index < -0.39 is 0 Å². The van der Waals surface area contributed by atoms with Crippen molar-refractivity contribution in [3.05, 3.63) is 22.2 Å². The van der Waals surface area contributed by atoms with Crippen LogP contribution in [0.3, 0.4) is 0 Å². The van der Waals surface area contributed by atoms with Crippen LogP contribution in [-0.2, 0) is 5.41 Å². The minimum atomic E-state index is 0.164. The van der Waals surface area contributed by atoms with Crippen LogP contribution in [-0.4, -0.2) is 19.9 Å². The van der Waals surface area contributed by atoms with Crippen molar-refractivity contribution < 1.29 is 4.74 Å². The van der Waals surface area contributed by atoms with E-state index in [-0.39, 0.29) is 5.41 Å². The number of benzene rings is 1. The molecule has 2 rings (SSSR count). The smallest absolute Gasteiger partial charge is 0.146 e. The molecule has 106 valence electrons. The van der Waals surface area contributed by atoms with E-state index in [9.17, 15) is 0 Å². The summed E-state index contributed by atoms with van der Waals surface area (Å²) < 4.78 is 6.51. The van der Waals surface area contributed by atoms with E-state index >= 15 is 0 Å². The number of hydrogen-bond acceptors (Lipinski definition) is 3. The van der Waals surface area contributed by atoms with Crippen LogP contribution < -0.4 is 10.5 Å². The number of hydrogen-bond donors (Lipinski definition) is 1. The van der Waals surface area contributed by atoms with Gasteiger partial charge < -0.3 is 10.5 Å². The lowest BCUT2D eigenvalue weighted by atomic mass is 9.69. The molecule has 0 amide bonds. The summed E-state index contributed by atoms with van der Waals surface area (Å²) in [5, 5.41) is 0. The molecule has 2 nitrogen and oxygen atoms in total. The molecular formula is C15H22BrNOS. The topological polar surface area (TPSA) is 35.2 Å². The zero-order valence-corrected chi connectivity index (χ0v) is 14.1. The number of methoxy groups -OCH3 is 1. The van der Waals surface area contributed by atoms with Crippen LogP contribution in [0.25, 0.3) is 0 Å². The lowest BCUT2D eigenvalue weighted by molar-refractivity contribution is 0.299. The Morgan fingerprint density at radius 3 is 2.53 bits per heavy atom. The van der Waals surface area contributed by atoms with Crippen molar-refractivity contribution in [3.63, 3.8) is 0 Å². The summed E-state index contributed by atoms with van der Waals surface area (Å²) in [6, 6.07) is 4.48. The molecule has 4 heteroatoms. The molecule has 0 aliphatic heterocycles. The molecule has 1 fully saturated rings. The van der Waals surface area contributed by atoms with Crippen LogP contribution in [0.5, 0.6) is 5.75 Å². The summed E-state index contributed by atoms with van der Waals surface area (Å²) in [4.78, 5) is 1.19. The summed E-state index contributed by atoms with van der Waals surface area (Å²) in [5.74, 6) is 0.930. The van der Waals surface area contributed by atoms with Gasteiger partial charge in [0, 0.05) is 12.0 Å². The molecule has 2 N–H and O–H groups in total. The number of rotatable bonds is 4. The van der Waals surface area contributed by atoms with E-state index in [1.807, 2.05) is 0 Å². The normalized spacial score (nSPS) is 18.3. The highest BCUT2D eigenvalue weighted by Crippen LogP contribution is 2.44. The Hall–Kier alpha value is -0.190. The molecule has 19 heavy (non-hydrogen) atoms. The van der Waals surface area contributed by atoms with Gasteiger partial charge >= 0.3 is 0 Å². The number of ether oxygens (including phenoxy) is 1. The third-order valence-corrected chi connectivity index (χ3v) is 5.58. The number of thioether (sulfide) groups is 1. The van der Waals surface area contributed by atoms with Crippen molar-refractivity contribution in [2.75, 3.05) is 19.9 Å². The fourth-order valence-corrected chi connectivity index (χ4v) is 4.44. The van der Waals surface area contributed by atoms with E-state index in [0.29, 0.717) is 0 Å². The Labute approximate surface area is 128 Å². The third kappa shape index (κ3) is 2.96. The molecule has 1 aromatic rings. The zero-order chi connectivity index (χ0) is 13.9. The Morgan fingerprint density at radius 2 is 2.00 bits per heavy atom. The zero-order valence-electron chi connectivity index (χ0n) is 11.7. The molecule has 0 bridgehead atoms. The van der Waals surface area contributed by atoms with Gasteiger partial charge in [-0.15, -0.1) is 11.8 Å². The quantitative estimate of drug-likeness (QED) is 0.825. The molecule has 1 saturated carbocycles. The van der Waals surface area contributed by atoms with Gasteiger partial charge in [-0.2, -0.15) is 0 Å². The van der Waals surface area contributed by atoms with Crippen molar-refractivity contribution in [1.29, 1.82) is 0 Å². The largest absolute Gasteiger partial charge is 0.494 e. The van der Waals surface area contributed by atoms with Gasteiger partial charge in [-0.3, -0.25) is 0 Å². The summed E-state index contributed by atoms with van der Waals surface area (Å²) in [6.07, 6.45) is 8.41. The fraction of sp³-hybridized carbons (Fsp3) is 0.600. The second kappa shape index (κ2) is 6.51. The first-order valence-electron chi connectivity index (χ1n) is 6.79. The second-order valence-corrected chi connectivity index (χ2v) is 6.94. The number of nitrogens with two attached hydrogens (primary N) is 1. The van der Waals surface area contributed by atoms with Crippen molar-refractivity contribution in [3.8, 4) is 5.75 Å². The van der Waals surface area contributed by atoms with Crippen LogP contribution in [0.2, 0.25) is 0 Å². The molecule has 0 spiro atoms. The summed E-state index contributed by atoms with van der Waals surface area (Å²) in [6.45, 7) is 0.736. The lowest BCUT2D eigenvalue weighted by Gasteiger charge is -2.37. The van der Waals surface area contributed by atoms with Gasteiger partial charge in [-0.25, -0.2) is 0 Å². The Kier molecular flexibility index (Phi) is 5.21. The first-order valence-corrected chi connectivity index (χ1v) is 8.81. The Bertz CT molecular complexity index is 444. The molecule has 0 radical (unpaired) electrons. The standard InChI is InChI=1S/C15H22BrNOS/c1-18-14-12(16)8-11(9-13(14)19-2)15(10-17)6-4-3-5-7-15/h8-9H,3-7,10,17H2,1-2H3. The molecule has 1 aliphatic carbocycles. The first kappa shape index (κ1) is 15.2. The third-order valence-electron chi connectivity index (χ3n) is 4.25. The van der Waals surface area contributed by atoms with E-state index in [0.717, 1.165) is 16.8 Å². The van der Waals surface area contributed by atoms with E-state index in [4.69, 9.17) is 10.5 Å². The molecule has 0 saturated heterocycles. The molecular weight excluding hydrogens is 322 g/mol. The average molecular weight is 344 g/mol. The Morgan fingerprint density at radius 1 is 1.32 bits per heavy atom. The van der Waals surface area contributed by atoms with E-state index in [2.05, 4.69) is 34.3 Å². The van der Waals surface area contributed by atoms with Crippen molar-refractivity contribution >= 4 is 27.7 Å². The van der Waals surface area contributed by atoms with Crippen LogP contribution in [0.4, 0.5) is 0 Å². The van der Waals surface area contributed by atoms with Crippen molar-refractivity contribution in [2.45, 2.75) is 42.4 Å². The maximum Gasteiger partial charge on any atom is 0.146 e. The van der Waals surface area contributed by atoms with Crippen LogP contribution in [0.1, 0.15) is 37.7 Å². The summed E-state index contributed by atoms with van der Waals surface area (Å²) in [5.41, 5.74) is 7.66. The van der Waals surface area contributed by atoms with Crippen LogP contribution in [0.15, 0.2) is 21.5 Å². The van der Waals surface area contributed by atoms with Crippen molar-refractivity contribution in [2.24, 2.45) is 5.73 Å². The fourth-order valence-electron chi connectivity index (χ4n) is 3.06. The van der Waals surface area contributed by atoms with Gasteiger partial charge in [0.05, 0.1) is 16.5 Å². The summed E-state index contributed by atoms with van der Waals surface area (Å²) in [7, 11) is 1.72. The average Bonchev–Trinajstić information content (AvgIpc) is 2.47. The SMILES string of the molecule is COc1c(Br)cc(C2(CN)CCCCC2)cc1SC. The molecule has 1 aliphatic rings. The summed E-state index contributed by atoms with van der Waals surface area (Å²) >= 11 is 5.37. The predicted molar refractivity (Wildman–Crippen MR) is 86.3 cm³/mol. The van der Waals surface area contributed by atoms with Crippen molar-refractivity contribution in [1.82, 2.24) is 0 Å². The maximum absolute atomic E-state index is 6.13. The molecule has 0 heterocycles. The second-order valence-electron chi connectivity index (χ2n) is 5.24. The van der Waals surface area contributed by atoms with Gasteiger partial charge in [-0.05, 0) is 52.7 Å². The van der Waals surface area contributed by atoms with E-state index in [1.54, 1.807) is 18.9 Å². The molecule has 0 unspecified atom stereocenters. The van der Waals surface area contributed by atoms with E-state index in [1.165, 1.54) is 42.6 Å². The van der Waals surface area contributed by atoms with Crippen LogP contribution >= 0.6 is 27.7 Å². The first-order chi connectivity index (χ1) is 9.16. The molecule has 0 atom stereocenters. The van der Waals surface area contributed by atoms with Gasteiger partial charge in [-0.1, -0.05) is 19.3 Å². The monoisotopic (exact) mass is 343 g/mol. The highest BCUT2D eigenvalue weighted by atomic mass is 79.9. The van der Waals surface area contributed by atoms with Gasteiger partial charge in [0.1, 0.15) is 5.75 Å². The van der Waals surface area contributed by atoms with Gasteiger partial charge in [0.2, 0.25) is 0 Å². The predicted octanol–water partition coefficient (Wildman–Crippen LogP) is 4.34. The van der Waals surface area contributed by atoms with Crippen LogP contribution in [0, 0.1) is 0 Å². The minimum Gasteiger partial charge on any atom is -0.494 e. The lowest BCUT2D eigenvalue weighted by Crippen LogP contribution is -2.37. The maximum atomic E-state index is 6.13. The highest BCUT2D eigenvalue weighted by molar-refractivity contribution is 9.10. The molecule has 1 aromatic carbocycles. The minimum absolute atomic E-state index is 0.164.